The van der Waals surface area contributed by atoms with Crippen molar-refractivity contribution in [3.63, 3.8) is 0 Å². The Labute approximate surface area is 187 Å². The highest BCUT2D eigenvalue weighted by Gasteiger charge is 2.41. The molecule has 2 aromatic rings. The van der Waals surface area contributed by atoms with Crippen LogP contribution in [0.25, 0.3) is 0 Å². The normalized spacial score (nSPS) is 16.7. The van der Waals surface area contributed by atoms with Gasteiger partial charge in [0, 0.05) is 25.7 Å². The van der Waals surface area contributed by atoms with E-state index >= 15 is 0 Å². The van der Waals surface area contributed by atoms with Gasteiger partial charge in [0.15, 0.2) is 7.05 Å². The van der Waals surface area contributed by atoms with Crippen LogP contribution in [0.15, 0.2) is 59.6 Å². The van der Waals surface area contributed by atoms with Crippen LogP contribution in [0.3, 0.4) is 0 Å². The minimum atomic E-state index is -4.26. The number of hydrazine groups is 1. The molecule has 170 valence electrons. The number of hydrogen-bond donors (Lipinski definition) is 2. The monoisotopic (exact) mass is 459 g/mol. The van der Waals surface area contributed by atoms with Gasteiger partial charge in [-0.1, -0.05) is 23.2 Å². The van der Waals surface area contributed by atoms with Crippen LogP contribution in [-0.2, 0) is 14.9 Å². The van der Waals surface area contributed by atoms with E-state index in [0.29, 0.717) is 17.9 Å². The molecule has 0 fully saturated rings. The molecule has 0 spiro atoms. The molecule has 0 aliphatic carbocycles. The van der Waals surface area contributed by atoms with Crippen molar-refractivity contribution < 1.29 is 27.6 Å². The van der Waals surface area contributed by atoms with Crippen LogP contribution in [0.1, 0.15) is 13.8 Å². The van der Waals surface area contributed by atoms with Crippen LogP contribution < -0.4 is 9.91 Å². The van der Waals surface area contributed by atoms with E-state index in [1.54, 1.807) is 38.9 Å². The molecule has 0 saturated carbocycles. The number of benzene rings is 2. The highest BCUT2D eigenvalue weighted by atomic mass is 32.2. The van der Waals surface area contributed by atoms with Crippen LogP contribution in [-0.4, -0.2) is 72.1 Å². The summed E-state index contributed by atoms with van der Waals surface area (Å²) in [7, 11) is -2.45. The Morgan fingerprint density at radius 3 is 2.31 bits per heavy atom. The number of rotatable bonds is 8. The lowest BCUT2D eigenvalue weighted by Gasteiger charge is -2.25. The fourth-order valence-electron chi connectivity index (χ4n) is 3.52. The third-order valence-corrected chi connectivity index (χ3v) is 6.00. The zero-order valence-corrected chi connectivity index (χ0v) is 19.0. The van der Waals surface area contributed by atoms with Crippen molar-refractivity contribution in [2.75, 3.05) is 35.8 Å². The van der Waals surface area contributed by atoms with Gasteiger partial charge in [-0.05, 0) is 43.3 Å². The third kappa shape index (κ3) is 5.39. The number of carbonyl (C=O) groups excluding carboxylic acids is 1. The van der Waals surface area contributed by atoms with E-state index in [1.807, 2.05) is 51.2 Å². The number of amides is 1. The minimum absolute atomic E-state index is 0.0480. The standard InChI is InChI=1S/C22H26N4O5S/c1-4-25(14-20(27)15-32(29,30)31)18-12-10-17(11-13-18)23-21-16(2)24(3)26(22(21)28)19-8-6-5-7-9-19/h5-13,20,27H,4,14-15H2,1-3H3/p+1. The molecule has 0 saturated heterocycles. The van der Waals surface area contributed by atoms with E-state index in [0.717, 1.165) is 17.1 Å². The predicted octanol–water partition coefficient (Wildman–Crippen LogP) is 1.90. The molecule has 1 atom stereocenters. The number of aliphatic hydroxyl groups is 1. The zero-order valence-electron chi connectivity index (χ0n) is 18.2. The number of para-hydroxylation sites is 1. The first-order valence-corrected chi connectivity index (χ1v) is 11.8. The largest absolute Gasteiger partial charge is 0.390 e. The second-order valence-electron chi connectivity index (χ2n) is 7.48. The number of anilines is 2. The Kier molecular flexibility index (Phi) is 7.07. The highest BCUT2D eigenvalue weighted by Crippen LogP contribution is 2.23. The van der Waals surface area contributed by atoms with E-state index in [4.69, 9.17) is 4.55 Å². The molecule has 1 amide bonds. The summed E-state index contributed by atoms with van der Waals surface area (Å²) < 4.78 is 32.6. The van der Waals surface area contributed by atoms with Crippen molar-refractivity contribution in [1.82, 2.24) is 0 Å². The van der Waals surface area contributed by atoms with Gasteiger partial charge in [-0.3, -0.25) is 9.35 Å². The maximum Gasteiger partial charge on any atom is 0.338 e. The van der Waals surface area contributed by atoms with Gasteiger partial charge in [0.05, 0.1) is 11.8 Å². The van der Waals surface area contributed by atoms with Crippen molar-refractivity contribution in [3.05, 3.63) is 54.6 Å². The summed E-state index contributed by atoms with van der Waals surface area (Å²) in [6.07, 6.45) is -1.22. The van der Waals surface area contributed by atoms with Gasteiger partial charge in [-0.25, -0.2) is 4.99 Å². The molecule has 10 heteroatoms. The summed E-state index contributed by atoms with van der Waals surface area (Å²) in [4.78, 5) is 19.4. The first-order valence-electron chi connectivity index (χ1n) is 10.1. The molecule has 1 unspecified atom stereocenters. The molecule has 2 N–H and O–H groups in total. The van der Waals surface area contributed by atoms with Crippen molar-refractivity contribution in [1.29, 1.82) is 0 Å². The first kappa shape index (κ1) is 23.6. The molecule has 3 rings (SSSR count). The molecule has 1 aliphatic rings. The molecule has 1 heterocycles. The second kappa shape index (κ2) is 9.60. The number of hydrogen-bond acceptors (Lipinski definition) is 6. The lowest BCUT2D eigenvalue weighted by Crippen LogP contribution is -2.36. The van der Waals surface area contributed by atoms with E-state index in [9.17, 15) is 18.3 Å². The Hall–Kier alpha value is -3.08. The molecule has 9 nitrogen and oxygen atoms in total. The third-order valence-electron chi connectivity index (χ3n) is 5.20. The van der Waals surface area contributed by atoms with Gasteiger partial charge in [-0.15, -0.1) is 4.68 Å². The fraction of sp³-hybridized carbons (Fsp3) is 0.318. The van der Waals surface area contributed by atoms with Crippen LogP contribution in [0, 0.1) is 0 Å². The quantitative estimate of drug-likeness (QED) is 0.460. The number of aliphatic hydroxyl groups excluding tert-OH is 1. The highest BCUT2D eigenvalue weighted by molar-refractivity contribution is 7.85. The molecule has 0 aromatic heterocycles. The molecular formula is C22H27N4O5S+. The fourth-order valence-corrected chi connectivity index (χ4v) is 4.11. The smallest absolute Gasteiger partial charge is 0.338 e. The van der Waals surface area contributed by atoms with Crippen molar-refractivity contribution in [3.8, 4) is 0 Å². The lowest BCUT2D eigenvalue weighted by molar-refractivity contribution is -0.495. The van der Waals surface area contributed by atoms with E-state index in [-0.39, 0.29) is 12.5 Å². The minimum Gasteiger partial charge on any atom is -0.390 e. The topological polar surface area (TPSA) is 114 Å². The SMILES string of the molecule is CCN(CC(O)CS(=O)(=O)O)c1ccc(N=C2C(=O)N(c3ccccc3)[N+](C)=C2C)cc1. The second-order valence-corrected chi connectivity index (χ2v) is 8.98. The zero-order chi connectivity index (χ0) is 23.5. The number of aliphatic imine (C=N–C) groups is 1. The lowest BCUT2D eigenvalue weighted by atomic mass is 10.2. The Morgan fingerprint density at radius 1 is 1.12 bits per heavy atom. The molecule has 2 aromatic carbocycles. The molecule has 32 heavy (non-hydrogen) atoms. The van der Waals surface area contributed by atoms with Crippen molar-refractivity contribution >= 4 is 44.5 Å². The van der Waals surface area contributed by atoms with Crippen LogP contribution in [0.2, 0.25) is 0 Å². The van der Waals surface area contributed by atoms with Crippen LogP contribution in [0.5, 0.6) is 0 Å². The Balaban J connectivity index is 1.79. The van der Waals surface area contributed by atoms with Gasteiger partial charge < -0.3 is 10.0 Å². The van der Waals surface area contributed by atoms with Crippen molar-refractivity contribution in [2.45, 2.75) is 20.0 Å². The molecule has 0 radical (unpaired) electrons. The molecule has 1 aliphatic heterocycles. The number of likely N-dealkylation sites (N-methyl/N-ethyl adjacent to an activating group) is 1. The van der Waals surface area contributed by atoms with Gasteiger partial charge in [0.1, 0.15) is 11.4 Å². The van der Waals surface area contributed by atoms with Crippen LogP contribution >= 0.6 is 0 Å². The average molecular weight is 460 g/mol. The van der Waals surface area contributed by atoms with E-state index < -0.39 is 22.0 Å². The Bertz CT molecular complexity index is 1140. The Morgan fingerprint density at radius 2 is 1.75 bits per heavy atom. The van der Waals surface area contributed by atoms with E-state index in [1.165, 1.54) is 0 Å². The summed E-state index contributed by atoms with van der Waals surface area (Å²) >= 11 is 0. The van der Waals surface area contributed by atoms with E-state index in [2.05, 4.69) is 4.99 Å². The number of hydrazone groups is 1. The average Bonchev–Trinajstić information content (AvgIpc) is 2.95. The molecular weight excluding hydrogens is 432 g/mol. The summed E-state index contributed by atoms with van der Waals surface area (Å²) in [5.41, 5.74) is 3.18. The summed E-state index contributed by atoms with van der Waals surface area (Å²) in [5, 5.41) is 11.5. The summed E-state index contributed by atoms with van der Waals surface area (Å²) in [6, 6.07) is 16.4. The number of carbonyl (C=O) groups is 1. The van der Waals surface area contributed by atoms with Crippen LogP contribution in [0.4, 0.5) is 17.1 Å². The first-order chi connectivity index (χ1) is 15.1. The van der Waals surface area contributed by atoms with Gasteiger partial charge in [0.2, 0.25) is 11.4 Å². The maximum absolute atomic E-state index is 13.0. The molecule has 0 bridgehead atoms. The van der Waals surface area contributed by atoms with Gasteiger partial charge in [0.25, 0.3) is 10.1 Å². The van der Waals surface area contributed by atoms with Crippen molar-refractivity contribution in [2.24, 2.45) is 4.99 Å². The van der Waals surface area contributed by atoms with Gasteiger partial charge in [-0.2, -0.15) is 8.42 Å². The maximum atomic E-state index is 13.0. The van der Waals surface area contributed by atoms with Gasteiger partial charge >= 0.3 is 5.91 Å². The summed E-state index contributed by atoms with van der Waals surface area (Å²) in [6.45, 7) is 4.28. The summed E-state index contributed by atoms with van der Waals surface area (Å²) in [5.74, 6) is -0.943. The predicted molar refractivity (Wildman–Crippen MR) is 125 cm³/mol. The number of nitrogens with zero attached hydrogens (tertiary/aromatic N) is 4.